The number of halogens is 3. The summed E-state index contributed by atoms with van der Waals surface area (Å²) in [7, 11) is 0. The number of nitrogens with zero attached hydrogens (tertiary/aromatic N) is 1. The van der Waals surface area contributed by atoms with Gasteiger partial charge in [-0.25, -0.2) is 0 Å². The molecule has 0 amide bonds. The Morgan fingerprint density at radius 2 is 2.06 bits per heavy atom. The summed E-state index contributed by atoms with van der Waals surface area (Å²) in [5.74, 6) is 0.0323. The summed E-state index contributed by atoms with van der Waals surface area (Å²) < 4.78 is 36.3. The van der Waals surface area contributed by atoms with Crippen LogP contribution in [-0.4, -0.2) is 30.4 Å². The number of fused-ring (bicyclic) bond motifs is 1. The van der Waals surface area contributed by atoms with Crippen LogP contribution >= 0.6 is 11.8 Å². The lowest BCUT2D eigenvalue weighted by molar-refractivity contribution is -0.0327. The van der Waals surface area contributed by atoms with Gasteiger partial charge in [-0.05, 0) is 29.8 Å². The molecule has 6 heteroatoms. The topological polar surface area (TPSA) is 29.3 Å². The van der Waals surface area contributed by atoms with E-state index in [4.69, 9.17) is 5.73 Å². The predicted octanol–water partition coefficient (Wildman–Crippen LogP) is 2.63. The average molecular weight is 276 g/mol. The maximum atomic E-state index is 12.1. The van der Waals surface area contributed by atoms with E-state index >= 15 is 0 Å². The van der Waals surface area contributed by atoms with E-state index in [0.717, 1.165) is 17.7 Å². The van der Waals surface area contributed by atoms with Gasteiger partial charge in [0.2, 0.25) is 0 Å². The van der Waals surface area contributed by atoms with Crippen molar-refractivity contribution >= 4 is 17.4 Å². The number of rotatable bonds is 3. The molecule has 0 bridgehead atoms. The Morgan fingerprint density at radius 3 is 2.78 bits per heavy atom. The molecule has 1 aliphatic heterocycles. The molecule has 1 aliphatic rings. The van der Waals surface area contributed by atoms with Gasteiger partial charge in [-0.3, -0.25) is 0 Å². The van der Waals surface area contributed by atoms with Crippen LogP contribution < -0.4 is 10.6 Å². The van der Waals surface area contributed by atoms with Crippen molar-refractivity contribution in [1.82, 2.24) is 0 Å². The first-order valence-electron chi connectivity index (χ1n) is 5.75. The molecule has 18 heavy (non-hydrogen) atoms. The molecule has 2 rings (SSSR count). The molecule has 0 fully saturated rings. The second-order valence-corrected chi connectivity index (χ2v) is 5.49. The zero-order valence-corrected chi connectivity index (χ0v) is 10.6. The molecule has 100 valence electrons. The first-order chi connectivity index (χ1) is 8.46. The van der Waals surface area contributed by atoms with E-state index in [2.05, 4.69) is 0 Å². The van der Waals surface area contributed by atoms with Gasteiger partial charge in [0.25, 0.3) is 0 Å². The van der Waals surface area contributed by atoms with Crippen LogP contribution in [0.1, 0.15) is 5.56 Å². The Bertz CT molecular complexity index is 409. The van der Waals surface area contributed by atoms with Crippen molar-refractivity contribution < 1.29 is 13.2 Å². The van der Waals surface area contributed by atoms with E-state index in [0.29, 0.717) is 13.1 Å². The van der Waals surface area contributed by atoms with Crippen LogP contribution in [0.25, 0.3) is 0 Å². The quantitative estimate of drug-likeness (QED) is 0.920. The number of para-hydroxylation sites is 1. The van der Waals surface area contributed by atoms with E-state index in [-0.39, 0.29) is 23.6 Å². The second-order valence-electron chi connectivity index (χ2n) is 4.33. The van der Waals surface area contributed by atoms with Gasteiger partial charge in [-0.15, -0.1) is 0 Å². The van der Waals surface area contributed by atoms with Gasteiger partial charge in [0, 0.05) is 30.6 Å². The smallest absolute Gasteiger partial charge is 0.369 e. The van der Waals surface area contributed by atoms with E-state index in [1.807, 2.05) is 29.2 Å². The molecule has 2 nitrogen and oxygen atoms in total. The van der Waals surface area contributed by atoms with Gasteiger partial charge in [0.1, 0.15) is 0 Å². The van der Waals surface area contributed by atoms with Crippen molar-refractivity contribution in [1.29, 1.82) is 0 Å². The summed E-state index contributed by atoms with van der Waals surface area (Å²) in [6.45, 7) is 0.990. The number of hydrogen-bond donors (Lipinski definition) is 1. The standard InChI is InChI=1S/C12H15F3N2S/c13-12(14,15)18-6-5-17-8-10(16)7-9-3-1-2-4-11(9)17/h1-4,10H,5-8,16H2. The lowest BCUT2D eigenvalue weighted by atomic mass is 9.99. The highest BCUT2D eigenvalue weighted by Crippen LogP contribution is 2.31. The number of anilines is 1. The minimum atomic E-state index is -4.16. The first-order valence-corrected chi connectivity index (χ1v) is 6.73. The van der Waals surface area contributed by atoms with Gasteiger partial charge < -0.3 is 10.6 Å². The number of thioether (sulfide) groups is 1. The second kappa shape index (κ2) is 5.40. The van der Waals surface area contributed by atoms with Gasteiger partial charge in [-0.1, -0.05) is 18.2 Å². The Hall–Kier alpha value is -0.880. The molecule has 0 spiro atoms. The highest BCUT2D eigenvalue weighted by Gasteiger charge is 2.29. The molecule has 1 unspecified atom stereocenters. The van der Waals surface area contributed by atoms with Gasteiger partial charge in [0.15, 0.2) is 0 Å². The van der Waals surface area contributed by atoms with Crippen LogP contribution in [0.4, 0.5) is 18.9 Å². The minimum Gasteiger partial charge on any atom is -0.369 e. The number of nitrogens with two attached hydrogens (primary N) is 1. The molecule has 0 saturated heterocycles. The van der Waals surface area contributed by atoms with Crippen LogP contribution in [0.2, 0.25) is 0 Å². The zero-order valence-electron chi connectivity index (χ0n) is 9.78. The monoisotopic (exact) mass is 276 g/mol. The van der Waals surface area contributed by atoms with Crippen LogP contribution in [-0.2, 0) is 6.42 Å². The van der Waals surface area contributed by atoms with Crippen molar-refractivity contribution in [3.05, 3.63) is 29.8 Å². The van der Waals surface area contributed by atoms with Crippen LogP contribution in [0, 0.1) is 0 Å². The van der Waals surface area contributed by atoms with Crippen molar-refractivity contribution in [3.63, 3.8) is 0 Å². The molecule has 2 N–H and O–H groups in total. The molecule has 0 saturated carbocycles. The maximum Gasteiger partial charge on any atom is 0.441 e. The molecule has 0 radical (unpaired) electrons. The Labute approximate surface area is 108 Å². The van der Waals surface area contributed by atoms with Crippen molar-refractivity contribution in [3.8, 4) is 0 Å². The highest BCUT2D eigenvalue weighted by molar-refractivity contribution is 8.00. The fourth-order valence-electron chi connectivity index (χ4n) is 2.20. The van der Waals surface area contributed by atoms with E-state index in [9.17, 15) is 13.2 Å². The third-order valence-corrected chi connectivity index (χ3v) is 3.61. The Morgan fingerprint density at radius 1 is 1.33 bits per heavy atom. The summed E-state index contributed by atoms with van der Waals surface area (Å²) in [5.41, 5.74) is 3.91. The fraction of sp³-hybridized carbons (Fsp3) is 0.500. The van der Waals surface area contributed by atoms with Crippen molar-refractivity contribution in [2.45, 2.75) is 18.0 Å². The minimum absolute atomic E-state index is 0.00390. The van der Waals surface area contributed by atoms with Gasteiger partial charge >= 0.3 is 5.51 Å². The third kappa shape index (κ3) is 3.55. The Balaban J connectivity index is 2.01. The van der Waals surface area contributed by atoms with Crippen LogP contribution in [0.15, 0.2) is 24.3 Å². The molecule has 0 aromatic heterocycles. The Kier molecular flexibility index (Phi) is 4.07. The molecular formula is C12H15F3N2S. The molecule has 1 atom stereocenters. The fourth-order valence-corrected chi connectivity index (χ4v) is 2.75. The largest absolute Gasteiger partial charge is 0.441 e. The normalized spacial score (nSPS) is 19.8. The highest BCUT2D eigenvalue weighted by atomic mass is 32.2. The predicted molar refractivity (Wildman–Crippen MR) is 68.8 cm³/mol. The van der Waals surface area contributed by atoms with Gasteiger partial charge in [-0.2, -0.15) is 13.2 Å². The van der Waals surface area contributed by atoms with Crippen molar-refractivity contribution in [2.24, 2.45) is 5.73 Å². The number of benzene rings is 1. The summed E-state index contributed by atoms with van der Waals surface area (Å²) in [4.78, 5) is 1.95. The molecule has 1 heterocycles. The molecule has 0 aliphatic carbocycles. The average Bonchev–Trinajstić information content (AvgIpc) is 2.27. The van der Waals surface area contributed by atoms with Crippen LogP contribution in [0.5, 0.6) is 0 Å². The molecule has 1 aromatic rings. The number of hydrogen-bond acceptors (Lipinski definition) is 3. The summed E-state index contributed by atoms with van der Waals surface area (Å²) in [6.07, 6.45) is 0.791. The summed E-state index contributed by atoms with van der Waals surface area (Å²) >= 11 is 0.0206. The molecular weight excluding hydrogens is 261 g/mol. The van der Waals surface area contributed by atoms with E-state index in [1.165, 1.54) is 0 Å². The number of alkyl halides is 3. The maximum absolute atomic E-state index is 12.1. The first kappa shape index (κ1) is 13.5. The third-order valence-electron chi connectivity index (χ3n) is 2.90. The van der Waals surface area contributed by atoms with E-state index < -0.39 is 5.51 Å². The van der Waals surface area contributed by atoms with Crippen molar-refractivity contribution in [2.75, 3.05) is 23.7 Å². The lowest BCUT2D eigenvalue weighted by Gasteiger charge is -2.34. The SMILES string of the molecule is NC1Cc2ccccc2N(CCSC(F)(F)F)C1. The van der Waals surface area contributed by atoms with Crippen LogP contribution in [0.3, 0.4) is 0 Å². The zero-order chi connectivity index (χ0) is 13.2. The molecule has 1 aromatic carbocycles. The summed E-state index contributed by atoms with van der Waals surface area (Å²) in [5, 5.41) is 0. The lowest BCUT2D eigenvalue weighted by Crippen LogP contribution is -2.44. The van der Waals surface area contributed by atoms with E-state index in [1.54, 1.807) is 0 Å². The van der Waals surface area contributed by atoms with Gasteiger partial charge in [0.05, 0.1) is 0 Å². The summed E-state index contributed by atoms with van der Waals surface area (Å²) in [6, 6.07) is 7.76.